The third-order valence-electron chi connectivity index (χ3n) is 16.3. The van der Waals surface area contributed by atoms with Crippen molar-refractivity contribution in [2.24, 2.45) is 17.6 Å². The largest absolute Gasteiger partial charge is 0.513 e. The third kappa shape index (κ3) is 17.3. The second-order valence-corrected chi connectivity index (χ2v) is 26.0. The van der Waals surface area contributed by atoms with Gasteiger partial charge in [0.05, 0.1) is 47.6 Å². The Kier molecular flexibility index (Phi) is 22.4. The molecule has 4 aromatic heterocycles. The maximum absolute atomic E-state index is 14.4. The molecule has 0 saturated carbocycles. The molecule has 9 aromatic rings. The van der Waals surface area contributed by atoms with Crippen molar-refractivity contribution in [3.8, 4) is 5.75 Å². The number of carbonyl (C=O) groups excluding carboxylic acids is 7. The van der Waals surface area contributed by atoms with E-state index in [0.717, 1.165) is 54.6 Å². The molecule has 502 valence electrons. The number of aromatic amines is 3. The van der Waals surface area contributed by atoms with Crippen molar-refractivity contribution in [3.63, 3.8) is 0 Å². The number of anilines is 2. The summed E-state index contributed by atoms with van der Waals surface area (Å²) >= 11 is 6.55. The van der Waals surface area contributed by atoms with Gasteiger partial charge in [-0.05, 0) is 71.7 Å². The molecule has 0 bridgehead atoms. The summed E-state index contributed by atoms with van der Waals surface area (Å²) in [5, 5.41) is 37.1. The molecule has 0 spiro atoms. The van der Waals surface area contributed by atoms with Gasteiger partial charge in [-0.3, -0.25) is 52.9 Å². The number of Topliss-reactive ketones (excluding diaryl/α,β-unsaturated/α-hetero) is 3. The van der Waals surface area contributed by atoms with E-state index in [2.05, 4.69) is 40.5 Å². The summed E-state index contributed by atoms with van der Waals surface area (Å²) in [6, 6.07) is 28.7. The number of nitrogen functional groups attached to an aromatic ring is 1. The molecule has 1 aliphatic heterocycles. The monoisotopic (exact) mass is 1380 g/mol. The van der Waals surface area contributed by atoms with Crippen molar-refractivity contribution in [2.75, 3.05) is 47.7 Å². The third-order valence-corrected chi connectivity index (χ3v) is 19.1. The highest BCUT2D eigenvalue weighted by molar-refractivity contribution is 8.76. The number of benzene rings is 5. The molecule has 5 aromatic carbocycles. The Morgan fingerprint density at radius 3 is 2.21 bits per heavy atom. The van der Waals surface area contributed by atoms with Crippen molar-refractivity contribution < 1.29 is 72.7 Å². The van der Waals surface area contributed by atoms with Crippen LogP contribution in [0.4, 0.5) is 16.4 Å². The molecule has 0 saturated heterocycles. The number of aliphatic carboxylic acids is 3. The van der Waals surface area contributed by atoms with Crippen molar-refractivity contribution >= 4 is 148 Å². The molecule has 1 aliphatic rings. The molecule has 0 radical (unpaired) electrons. The number of halogens is 1. The van der Waals surface area contributed by atoms with Gasteiger partial charge in [-0.2, -0.15) is 4.98 Å². The molecule has 5 heterocycles. The summed E-state index contributed by atoms with van der Waals surface area (Å²) in [4.78, 5) is 165. The van der Waals surface area contributed by atoms with Gasteiger partial charge in [0.25, 0.3) is 11.5 Å². The van der Waals surface area contributed by atoms with Crippen LogP contribution in [0.15, 0.2) is 120 Å². The van der Waals surface area contributed by atoms with Gasteiger partial charge in [-0.1, -0.05) is 94.4 Å². The van der Waals surface area contributed by atoms with Crippen LogP contribution in [0.25, 0.3) is 43.7 Å². The number of ketones is 3. The lowest BCUT2D eigenvalue weighted by atomic mass is 9.93. The van der Waals surface area contributed by atoms with Gasteiger partial charge in [0.2, 0.25) is 17.8 Å². The zero-order valence-electron chi connectivity index (χ0n) is 51.5. The highest BCUT2D eigenvalue weighted by Gasteiger charge is 2.37. The van der Waals surface area contributed by atoms with Crippen molar-refractivity contribution in [2.45, 2.75) is 69.4 Å². The molecule has 3 amide bonds. The minimum atomic E-state index is -1.71. The Morgan fingerprint density at radius 2 is 1.46 bits per heavy atom. The first-order valence-corrected chi connectivity index (χ1v) is 33.5. The minimum Gasteiger partial charge on any atom is -0.481 e. The number of aryl methyl sites for hydroxylation is 2. The van der Waals surface area contributed by atoms with E-state index in [4.69, 9.17) is 32.5 Å². The number of rotatable bonds is 32. The van der Waals surface area contributed by atoms with Crippen LogP contribution in [0, 0.1) is 11.8 Å². The summed E-state index contributed by atoms with van der Waals surface area (Å²) in [6.07, 6.45) is -1.29. The van der Waals surface area contributed by atoms with E-state index in [1.807, 2.05) is 60.7 Å². The quantitative estimate of drug-likeness (QED) is 0.00493. The van der Waals surface area contributed by atoms with Gasteiger partial charge in [0.15, 0.2) is 28.5 Å². The van der Waals surface area contributed by atoms with Crippen LogP contribution in [-0.2, 0) is 52.8 Å². The number of hydrogen-bond donors (Lipinski definition) is 10. The molecule has 27 nitrogen and oxygen atoms in total. The number of H-pyrrole nitrogens is 3. The molecule has 30 heteroatoms. The van der Waals surface area contributed by atoms with Crippen LogP contribution in [0.2, 0.25) is 0 Å². The topological polar surface area (TPSA) is 432 Å². The van der Waals surface area contributed by atoms with Crippen LogP contribution in [0.1, 0.15) is 91.7 Å². The number of carbonyl (C=O) groups is 10. The SMILES string of the molecule is Nc1nc2ncc(CCc3ccc(C(=O)C[C@H](CCC(=O)NC[C@H](N)C(=O)N[C@@H](CC(=O)O)C(=O)C[C@@H](CSSCCOC(=O)Oc4cc5c(c6ccccc46)[C@@H](CCl)CN5C(=O)c4cc5cc(CC(=O)c6cc7ccccc7[nH]6)ccc5[nH]4)C(=O)O)C(=O)O)cc3)nc2c(=O)[nH]1. The number of para-hydroxylation sites is 1. The molecule has 12 N–H and O–H groups in total. The lowest BCUT2D eigenvalue weighted by Crippen LogP contribution is -2.53. The number of hydrogen-bond acceptors (Lipinski definition) is 20. The first-order chi connectivity index (χ1) is 46.6. The molecular formula is C67H64ClN11O16S2. The van der Waals surface area contributed by atoms with Crippen molar-refractivity contribution in [3.05, 3.63) is 165 Å². The Labute approximate surface area is 563 Å². The Bertz CT molecular complexity index is 4590. The fraction of sp³-hybridized carbons (Fsp3) is 0.284. The van der Waals surface area contributed by atoms with Gasteiger partial charge in [0, 0.05) is 101 Å². The average Bonchev–Trinajstić information content (AvgIpc) is 1.61. The fourth-order valence-electron chi connectivity index (χ4n) is 11.2. The van der Waals surface area contributed by atoms with Gasteiger partial charge in [-0.25, -0.2) is 14.8 Å². The van der Waals surface area contributed by atoms with Crippen LogP contribution in [0.3, 0.4) is 0 Å². The summed E-state index contributed by atoms with van der Waals surface area (Å²) in [5.74, 6) is -10.6. The summed E-state index contributed by atoms with van der Waals surface area (Å²) in [7, 11) is 2.15. The maximum atomic E-state index is 14.4. The number of aromatic nitrogens is 6. The average molecular weight is 1380 g/mol. The zero-order valence-corrected chi connectivity index (χ0v) is 53.9. The van der Waals surface area contributed by atoms with Crippen LogP contribution < -0.4 is 37.3 Å². The molecular weight excluding hydrogens is 1310 g/mol. The smallest absolute Gasteiger partial charge is 0.481 e. The highest BCUT2D eigenvalue weighted by atomic mass is 35.5. The lowest BCUT2D eigenvalue weighted by Gasteiger charge is -2.21. The predicted octanol–water partition coefficient (Wildman–Crippen LogP) is 7.32. The molecule has 0 unspecified atom stereocenters. The zero-order chi connectivity index (χ0) is 69.0. The van der Waals surface area contributed by atoms with Crippen LogP contribution in [0.5, 0.6) is 5.75 Å². The first kappa shape index (κ1) is 69.3. The summed E-state index contributed by atoms with van der Waals surface area (Å²) < 4.78 is 11.2. The molecule has 5 atom stereocenters. The number of carboxylic acids is 3. The van der Waals surface area contributed by atoms with E-state index in [9.17, 15) is 68.1 Å². The Morgan fingerprint density at radius 1 is 0.753 bits per heavy atom. The second kappa shape index (κ2) is 31.4. The van der Waals surface area contributed by atoms with Crippen molar-refractivity contribution in [1.82, 2.24) is 40.5 Å². The van der Waals surface area contributed by atoms with Crippen LogP contribution >= 0.6 is 33.2 Å². The number of carboxylic acid groups (broad SMARTS) is 3. The number of amides is 3. The predicted molar refractivity (Wildman–Crippen MR) is 362 cm³/mol. The molecule has 10 rings (SSSR count). The van der Waals surface area contributed by atoms with Crippen LogP contribution in [-0.4, -0.2) is 154 Å². The summed E-state index contributed by atoms with van der Waals surface area (Å²) in [6.45, 7) is -0.490. The van der Waals surface area contributed by atoms with Gasteiger partial charge < -0.3 is 61.8 Å². The number of alkyl halides is 1. The number of nitrogens with two attached hydrogens (primary N) is 2. The fourth-order valence-corrected chi connectivity index (χ4v) is 13.6. The van der Waals surface area contributed by atoms with E-state index in [1.165, 1.54) is 6.20 Å². The number of nitrogens with zero attached hydrogens (tertiary/aromatic N) is 4. The van der Waals surface area contributed by atoms with Crippen molar-refractivity contribution in [1.29, 1.82) is 0 Å². The Balaban J connectivity index is 0.654. The van der Waals surface area contributed by atoms with E-state index in [-0.39, 0.29) is 102 Å². The molecule has 97 heavy (non-hydrogen) atoms. The van der Waals surface area contributed by atoms with E-state index in [0.29, 0.717) is 46.2 Å². The normalized spacial score (nSPS) is 14.0. The highest BCUT2D eigenvalue weighted by Crippen LogP contribution is 2.46. The van der Waals surface area contributed by atoms with Gasteiger partial charge in [0.1, 0.15) is 24.1 Å². The Hall–Kier alpha value is -10.5. The standard InChI is InChI=1S/C67H64ClN11O16S2/c68-29-41-32-79(63(88)50-24-39-21-35(12-17-47(39)75-50)22-53(81)48-23-37-5-1-4-8-46(37)74-48)51-28-55(43-6-2-3-7-44(43)58(41)51)95-67(93)94-19-20-96-97-33-40(65(91)92)26-54(82)49(27-57(84)85)76-61(86)45(69)31-71-56(83)18-15-38(64(89)90)25-52(80)36-13-9-34(10-14-36)11-16-42-30-72-60-59(73-42)62(87)78-66(70)77-60/h1-10,12-14,17,21,23-24,28,30,38,40-41,45,49,74-75H,11,15-16,18-20,22,25-27,29,31-33,69H2,(H,71,83)(H,76,86)(H,84,85)(H,89,90)(H,91,92)(H3,70,72,77,78,87)/t38-,40-,41-,45-,49-/m0/s1. The van der Waals surface area contributed by atoms with E-state index in [1.54, 1.807) is 53.4 Å². The minimum absolute atomic E-state index is 0.0391. The first-order valence-electron chi connectivity index (χ1n) is 30.5. The number of ether oxygens (including phenoxy) is 2. The van der Waals surface area contributed by atoms with Gasteiger partial charge in [-0.15, -0.1) is 11.6 Å². The number of nitrogens with one attached hydrogen (secondary N) is 5. The molecule has 0 aliphatic carbocycles. The number of fused-ring (bicyclic) bond motifs is 6. The summed E-state index contributed by atoms with van der Waals surface area (Å²) in [5.41, 5.74) is 17.1. The lowest BCUT2D eigenvalue weighted by molar-refractivity contribution is -0.144. The van der Waals surface area contributed by atoms with E-state index >= 15 is 0 Å². The van der Waals surface area contributed by atoms with Gasteiger partial charge >= 0.3 is 24.1 Å². The molecule has 0 fully saturated rings. The second-order valence-electron chi connectivity index (χ2n) is 23.1. The van der Waals surface area contributed by atoms with E-state index < -0.39 is 103 Å². The maximum Gasteiger partial charge on any atom is 0.513 e.